The molecule has 0 saturated carbocycles. The maximum absolute atomic E-state index is 9.90. The highest BCUT2D eigenvalue weighted by molar-refractivity contribution is 5.80. The fraction of sp³-hybridized carbons (Fsp3) is 0.500. The van der Waals surface area contributed by atoms with Crippen LogP contribution in [0, 0.1) is 0 Å². The Bertz CT molecular complexity index is 541. The monoisotopic (exact) mass is 247 g/mol. The highest BCUT2D eigenvalue weighted by Gasteiger charge is 2.19. The third-order valence-electron chi connectivity index (χ3n) is 3.42. The second-order valence-corrected chi connectivity index (χ2v) is 4.73. The standard InChI is InChI=1S/C14H21N3O/c1-4-11(5-2)17-13-7-6-10(15)8-12(13)16-14(17)9(3)18/h6-9,11,18H,4-5,15H2,1-3H3. The lowest BCUT2D eigenvalue weighted by Crippen LogP contribution is -2.12. The molecule has 2 rings (SSSR count). The normalized spacial score (nSPS) is 13.4. The van der Waals surface area contributed by atoms with Crippen molar-refractivity contribution < 1.29 is 5.11 Å². The first-order chi connectivity index (χ1) is 8.58. The van der Waals surface area contributed by atoms with Crippen LogP contribution in [0.1, 0.15) is 51.6 Å². The Kier molecular flexibility index (Phi) is 3.57. The lowest BCUT2D eigenvalue weighted by molar-refractivity contribution is 0.180. The summed E-state index contributed by atoms with van der Waals surface area (Å²) in [7, 11) is 0. The first kappa shape index (κ1) is 12.9. The van der Waals surface area contributed by atoms with E-state index in [4.69, 9.17) is 5.73 Å². The van der Waals surface area contributed by atoms with E-state index < -0.39 is 6.10 Å². The van der Waals surface area contributed by atoms with Crippen LogP contribution >= 0.6 is 0 Å². The van der Waals surface area contributed by atoms with Gasteiger partial charge < -0.3 is 15.4 Å². The highest BCUT2D eigenvalue weighted by Crippen LogP contribution is 2.29. The number of benzene rings is 1. The highest BCUT2D eigenvalue weighted by atomic mass is 16.3. The minimum atomic E-state index is -0.570. The molecule has 0 saturated heterocycles. The van der Waals surface area contributed by atoms with Crippen LogP contribution < -0.4 is 5.73 Å². The van der Waals surface area contributed by atoms with Crippen LogP contribution in [0.4, 0.5) is 5.69 Å². The minimum Gasteiger partial charge on any atom is -0.399 e. The van der Waals surface area contributed by atoms with Crippen molar-refractivity contribution in [3.63, 3.8) is 0 Å². The molecule has 3 N–H and O–H groups in total. The second kappa shape index (κ2) is 4.98. The Hall–Kier alpha value is -1.55. The van der Waals surface area contributed by atoms with Crippen molar-refractivity contribution in [2.24, 2.45) is 0 Å². The average Bonchev–Trinajstić information content (AvgIpc) is 2.70. The molecular formula is C14H21N3O. The van der Waals surface area contributed by atoms with Gasteiger partial charge >= 0.3 is 0 Å². The van der Waals surface area contributed by atoms with E-state index in [-0.39, 0.29) is 0 Å². The van der Waals surface area contributed by atoms with Crippen molar-refractivity contribution in [2.45, 2.75) is 45.8 Å². The number of imidazole rings is 1. The van der Waals surface area contributed by atoms with Gasteiger partial charge in [-0.15, -0.1) is 0 Å². The number of nitrogen functional groups attached to an aromatic ring is 1. The zero-order chi connectivity index (χ0) is 13.3. The second-order valence-electron chi connectivity index (χ2n) is 4.73. The van der Waals surface area contributed by atoms with Crippen LogP contribution in [-0.4, -0.2) is 14.7 Å². The lowest BCUT2D eigenvalue weighted by Gasteiger charge is -2.19. The summed E-state index contributed by atoms with van der Waals surface area (Å²) in [5.74, 6) is 0.726. The summed E-state index contributed by atoms with van der Waals surface area (Å²) in [5, 5.41) is 9.90. The Balaban J connectivity index is 2.69. The molecule has 1 aromatic carbocycles. The summed E-state index contributed by atoms with van der Waals surface area (Å²) in [5.41, 5.74) is 8.40. The quantitative estimate of drug-likeness (QED) is 0.816. The molecule has 1 aromatic heterocycles. The van der Waals surface area contributed by atoms with Crippen LogP contribution in [0.25, 0.3) is 11.0 Å². The maximum atomic E-state index is 9.90. The number of nitrogens with two attached hydrogens (primary N) is 1. The van der Waals surface area contributed by atoms with E-state index in [2.05, 4.69) is 23.4 Å². The first-order valence-electron chi connectivity index (χ1n) is 6.53. The molecule has 1 atom stereocenters. The SMILES string of the molecule is CCC(CC)n1c(C(C)O)nc2cc(N)ccc21. The molecular weight excluding hydrogens is 226 g/mol. The van der Waals surface area contributed by atoms with Gasteiger partial charge in [-0.3, -0.25) is 0 Å². The summed E-state index contributed by atoms with van der Waals surface area (Å²) in [6, 6.07) is 6.10. The molecule has 0 aliphatic rings. The molecule has 4 nitrogen and oxygen atoms in total. The minimum absolute atomic E-state index is 0.364. The first-order valence-corrected chi connectivity index (χ1v) is 6.53. The van der Waals surface area contributed by atoms with Crippen molar-refractivity contribution in [2.75, 3.05) is 5.73 Å². The molecule has 1 unspecified atom stereocenters. The number of anilines is 1. The van der Waals surface area contributed by atoms with E-state index in [0.717, 1.165) is 29.7 Å². The van der Waals surface area contributed by atoms with Gasteiger partial charge in [0.15, 0.2) is 0 Å². The third-order valence-corrected chi connectivity index (χ3v) is 3.42. The molecule has 0 aliphatic heterocycles. The van der Waals surface area contributed by atoms with Crippen LogP contribution in [0.5, 0.6) is 0 Å². The summed E-state index contributed by atoms with van der Waals surface area (Å²) in [6.07, 6.45) is 1.47. The zero-order valence-corrected chi connectivity index (χ0v) is 11.2. The largest absolute Gasteiger partial charge is 0.399 e. The maximum Gasteiger partial charge on any atom is 0.138 e. The Morgan fingerprint density at radius 3 is 2.56 bits per heavy atom. The molecule has 0 spiro atoms. The Morgan fingerprint density at radius 1 is 1.33 bits per heavy atom. The molecule has 0 amide bonds. The van der Waals surface area contributed by atoms with Gasteiger partial charge in [0.2, 0.25) is 0 Å². The van der Waals surface area contributed by atoms with E-state index in [9.17, 15) is 5.11 Å². The van der Waals surface area contributed by atoms with Gasteiger partial charge in [0.25, 0.3) is 0 Å². The van der Waals surface area contributed by atoms with Gasteiger partial charge in [-0.2, -0.15) is 0 Å². The molecule has 18 heavy (non-hydrogen) atoms. The molecule has 98 valence electrons. The molecule has 0 fully saturated rings. The predicted octanol–water partition coefficient (Wildman–Crippen LogP) is 3.03. The van der Waals surface area contributed by atoms with Crippen molar-refractivity contribution in [3.05, 3.63) is 24.0 Å². The van der Waals surface area contributed by atoms with Crippen LogP contribution in [0.2, 0.25) is 0 Å². The van der Waals surface area contributed by atoms with E-state index in [0.29, 0.717) is 11.7 Å². The van der Waals surface area contributed by atoms with Crippen LogP contribution in [0.3, 0.4) is 0 Å². The Labute approximate surface area is 107 Å². The molecule has 0 aliphatic carbocycles. The summed E-state index contributed by atoms with van der Waals surface area (Å²) in [4.78, 5) is 4.52. The van der Waals surface area contributed by atoms with Gasteiger partial charge in [0.1, 0.15) is 11.9 Å². The van der Waals surface area contributed by atoms with Crippen molar-refractivity contribution in [1.29, 1.82) is 0 Å². The van der Waals surface area contributed by atoms with Crippen molar-refractivity contribution in [3.8, 4) is 0 Å². The van der Waals surface area contributed by atoms with Gasteiger partial charge in [-0.05, 0) is 38.0 Å². The smallest absolute Gasteiger partial charge is 0.138 e. The van der Waals surface area contributed by atoms with Crippen LogP contribution in [-0.2, 0) is 0 Å². The number of hydrogen-bond acceptors (Lipinski definition) is 3. The lowest BCUT2D eigenvalue weighted by atomic mass is 10.1. The molecule has 4 heteroatoms. The van der Waals surface area contributed by atoms with Gasteiger partial charge in [-0.1, -0.05) is 13.8 Å². The predicted molar refractivity (Wildman–Crippen MR) is 74.4 cm³/mol. The molecule has 0 bridgehead atoms. The number of fused-ring (bicyclic) bond motifs is 1. The summed E-state index contributed by atoms with van der Waals surface area (Å²) >= 11 is 0. The van der Waals surface area contributed by atoms with E-state index >= 15 is 0 Å². The zero-order valence-electron chi connectivity index (χ0n) is 11.2. The summed E-state index contributed by atoms with van der Waals surface area (Å²) in [6.45, 7) is 6.07. The van der Waals surface area contributed by atoms with Gasteiger partial charge in [0.05, 0.1) is 11.0 Å². The van der Waals surface area contributed by atoms with Crippen molar-refractivity contribution in [1.82, 2.24) is 9.55 Å². The number of aliphatic hydroxyl groups is 1. The molecule has 0 radical (unpaired) electrons. The molecule has 1 heterocycles. The van der Waals surface area contributed by atoms with Crippen molar-refractivity contribution >= 4 is 16.7 Å². The van der Waals surface area contributed by atoms with Gasteiger partial charge in [-0.25, -0.2) is 4.98 Å². The average molecular weight is 247 g/mol. The van der Waals surface area contributed by atoms with E-state index in [1.54, 1.807) is 6.92 Å². The summed E-state index contributed by atoms with van der Waals surface area (Å²) < 4.78 is 2.15. The molecule has 2 aromatic rings. The number of nitrogens with zero attached hydrogens (tertiary/aromatic N) is 2. The van der Waals surface area contributed by atoms with E-state index in [1.165, 1.54) is 0 Å². The van der Waals surface area contributed by atoms with E-state index in [1.807, 2.05) is 18.2 Å². The van der Waals surface area contributed by atoms with Gasteiger partial charge in [0, 0.05) is 11.7 Å². The third kappa shape index (κ3) is 2.08. The fourth-order valence-corrected chi connectivity index (χ4v) is 2.47. The number of aliphatic hydroxyl groups excluding tert-OH is 1. The topological polar surface area (TPSA) is 64.1 Å². The van der Waals surface area contributed by atoms with Crippen LogP contribution in [0.15, 0.2) is 18.2 Å². The number of aromatic nitrogens is 2. The number of hydrogen-bond donors (Lipinski definition) is 2. The Morgan fingerprint density at radius 2 is 2.00 bits per heavy atom. The number of rotatable bonds is 4. The fourth-order valence-electron chi connectivity index (χ4n) is 2.47.